The Morgan fingerprint density at radius 2 is 2.08 bits per heavy atom. The summed E-state index contributed by atoms with van der Waals surface area (Å²) in [5.74, 6) is 0.173. The van der Waals surface area contributed by atoms with Crippen LogP contribution in [0.1, 0.15) is 54.2 Å². The van der Waals surface area contributed by atoms with Gasteiger partial charge < -0.3 is 25.0 Å². The second-order valence-corrected chi connectivity index (χ2v) is 9.84. The number of carbonyl (C=O) groups excluding carboxylic acids is 2. The van der Waals surface area contributed by atoms with E-state index < -0.39 is 13.0 Å². The molecule has 37 heavy (non-hydrogen) atoms. The molecule has 11 heteroatoms. The molecule has 2 fully saturated rings. The van der Waals surface area contributed by atoms with Crippen molar-refractivity contribution in [3.8, 4) is 17.0 Å². The molecule has 3 N–H and O–H groups in total. The number of aromatic nitrogens is 3. The van der Waals surface area contributed by atoms with Gasteiger partial charge in [-0.05, 0) is 57.2 Å². The Labute approximate surface area is 212 Å². The molecule has 1 aromatic carbocycles. The average molecular weight is 514 g/mol. The lowest BCUT2D eigenvalue weighted by atomic mass is 10.0. The minimum absolute atomic E-state index is 0.112. The maximum atomic E-state index is 13.6. The molecule has 0 radical (unpaired) electrons. The van der Waals surface area contributed by atoms with Gasteiger partial charge in [-0.1, -0.05) is 0 Å². The molecule has 2 aliphatic rings. The molecule has 0 unspecified atom stereocenters. The third-order valence-corrected chi connectivity index (χ3v) is 7.05. The van der Waals surface area contributed by atoms with E-state index in [1.807, 2.05) is 6.92 Å². The number of aliphatic hydroxyl groups is 1. The van der Waals surface area contributed by atoms with Gasteiger partial charge in [-0.25, -0.2) is 18.7 Å². The second kappa shape index (κ2) is 10.0. The molecular weight excluding hydrogens is 484 g/mol. The molecule has 0 bridgehead atoms. The van der Waals surface area contributed by atoms with Gasteiger partial charge in [0.2, 0.25) is 5.91 Å². The molecule has 2 amide bonds. The molecule has 0 spiro atoms. The van der Waals surface area contributed by atoms with Crippen molar-refractivity contribution in [2.24, 2.45) is 5.92 Å². The number of aliphatic hydroxyl groups excluding tert-OH is 1. The normalized spacial score (nSPS) is 19.6. The fraction of sp³-hybridized carbons (Fsp3) is 0.462. The molecule has 1 aliphatic carbocycles. The number of halogens is 2. The molecule has 1 saturated carbocycles. The summed E-state index contributed by atoms with van der Waals surface area (Å²) in [6, 6.07) is 3.86. The van der Waals surface area contributed by atoms with Gasteiger partial charge in [0.1, 0.15) is 29.9 Å². The van der Waals surface area contributed by atoms with Gasteiger partial charge >= 0.3 is 0 Å². The van der Waals surface area contributed by atoms with Gasteiger partial charge in [-0.3, -0.25) is 9.59 Å². The third-order valence-electron chi connectivity index (χ3n) is 7.05. The summed E-state index contributed by atoms with van der Waals surface area (Å²) in [6.45, 7) is 3.83. The van der Waals surface area contributed by atoms with Gasteiger partial charge in [-0.2, -0.15) is 0 Å². The lowest BCUT2D eigenvalue weighted by molar-refractivity contribution is -0.134. The number of nitrogens with one attached hydrogen (secondary N) is 2. The highest BCUT2D eigenvalue weighted by Gasteiger charge is 2.34. The van der Waals surface area contributed by atoms with Crippen LogP contribution < -0.4 is 10.1 Å². The van der Waals surface area contributed by atoms with Crippen molar-refractivity contribution >= 4 is 22.8 Å². The summed E-state index contributed by atoms with van der Waals surface area (Å²) in [6.07, 6.45) is 1.37. The zero-order valence-electron chi connectivity index (χ0n) is 20.6. The predicted octanol–water partition coefficient (Wildman–Crippen LogP) is 3.37. The van der Waals surface area contributed by atoms with Crippen LogP contribution in [0.2, 0.25) is 0 Å². The second-order valence-electron chi connectivity index (χ2n) is 9.84. The standard InChI is InChI=1S/C26H29F2N5O4/c1-13-7-17(9-33(13)20(35)10-34)32-26(36)21-14(2)31-24-22(29-12-30-23(21)24)18-8-16(25(27)28)5-6-19(18)37-11-15-3-4-15/h5-6,8,12-13,15,17,25,31,34H,3-4,7,9-11H2,1-2H3,(H,32,36)/t13-,17-/m1/s1. The number of H-pyrrole nitrogens is 1. The van der Waals surface area contributed by atoms with Crippen molar-refractivity contribution < 1.29 is 28.2 Å². The number of fused-ring (bicyclic) bond motifs is 1. The van der Waals surface area contributed by atoms with Gasteiger partial charge in [0, 0.05) is 35.4 Å². The van der Waals surface area contributed by atoms with Crippen LogP contribution in [0.5, 0.6) is 5.75 Å². The first kappa shape index (κ1) is 25.1. The minimum Gasteiger partial charge on any atom is -0.493 e. The summed E-state index contributed by atoms with van der Waals surface area (Å²) in [5.41, 5.74) is 2.31. The Morgan fingerprint density at radius 3 is 2.78 bits per heavy atom. The topological polar surface area (TPSA) is 120 Å². The average Bonchev–Trinajstić information content (AvgIpc) is 3.54. The van der Waals surface area contributed by atoms with Crippen LogP contribution in [-0.4, -0.2) is 68.6 Å². The van der Waals surface area contributed by atoms with Crippen LogP contribution in [0.4, 0.5) is 8.78 Å². The smallest absolute Gasteiger partial charge is 0.263 e. The van der Waals surface area contributed by atoms with E-state index in [0.29, 0.717) is 64.8 Å². The SMILES string of the molecule is Cc1[nH]c2c(-c3cc(C(F)F)ccc3OCC3CC3)ncnc2c1C(=O)N[C@@H]1C[C@@H](C)N(C(=O)CO)C1. The number of ether oxygens (including phenoxy) is 1. The van der Waals surface area contributed by atoms with Gasteiger partial charge in [0.05, 0.1) is 17.7 Å². The van der Waals surface area contributed by atoms with Crippen LogP contribution in [0, 0.1) is 12.8 Å². The first-order chi connectivity index (χ1) is 17.8. The quantitative estimate of drug-likeness (QED) is 0.425. The largest absolute Gasteiger partial charge is 0.493 e. The van der Waals surface area contributed by atoms with E-state index in [-0.39, 0.29) is 29.5 Å². The molecule has 1 aliphatic heterocycles. The molecule has 2 atom stereocenters. The van der Waals surface area contributed by atoms with Crippen molar-refractivity contribution in [1.29, 1.82) is 0 Å². The number of carbonyl (C=O) groups is 2. The highest BCUT2D eigenvalue weighted by Crippen LogP contribution is 2.38. The molecule has 9 nitrogen and oxygen atoms in total. The van der Waals surface area contributed by atoms with E-state index in [1.54, 1.807) is 11.8 Å². The fourth-order valence-corrected chi connectivity index (χ4v) is 4.92. The first-order valence-electron chi connectivity index (χ1n) is 12.4. The van der Waals surface area contributed by atoms with E-state index >= 15 is 0 Å². The van der Waals surface area contributed by atoms with E-state index in [0.717, 1.165) is 12.8 Å². The van der Waals surface area contributed by atoms with Gasteiger partial charge in [0.15, 0.2) is 0 Å². The highest BCUT2D eigenvalue weighted by atomic mass is 19.3. The Morgan fingerprint density at radius 1 is 1.30 bits per heavy atom. The van der Waals surface area contributed by atoms with Crippen LogP contribution in [0.25, 0.3) is 22.3 Å². The number of hydrogen-bond acceptors (Lipinski definition) is 6. The first-order valence-corrected chi connectivity index (χ1v) is 12.4. The number of aromatic amines is 1. The van der Waals surface area contributed by atoms with Crippen LogP contribution >= 0.6 is 0 Å². The number of hydrogen-bond donors (Lipinski definition) is 3. The van der Waals surface area contributed by atoms with Crippen molar-refractivity contribution in [3.63, 3.8) is 0 Å². The molecule has 5 rings (SSSR count). The minimum atomic E-state index is -2.66. The zero-order valence-corrected chi connectivity index (χ0v) is 20.6. The number of likely N-dealkylation sites (tertiary alicyclic amines) is 1. The Balaban J connectivity index is 1.47. The lowest BCUT2D eigenvalue weighted by Gasteiger charge is -2.19. The predicted molar refractivity (Wildman–Crippen MR) is 131 cm³/mol. The molecule has 3 aromatic rings. The summed E-state index contributed by atoms with van der Waals surface area (Å²) in [4.78, 5) is 38.7. The van der Waals surface area contributed by atoms with Crippen molar-refractivity contribution in [2.45, 2.75) is 51.6 Å². The maximum absolute atomic E-state index is 13.6. The number of aryl methyl sites for hydroxylation is 1. The van der Waals surface area contributed by atoms with E-state index in [4.69, 9.17) is 4.74 Å². The summed E-state index contributed by atoms with van der Waals surface area (Å²) < 4.78 is 33.1. The van der Waals surface area contributed by atoms with Crippen molar-refractivity contribution in [3.05, 3.63) is 41.3 Å². The molecule has 2 aromatic heterocycles. The third kappa shape index (κ3) is 5.00. The number of amides is 2. The lowest BCUT2D eigenvalue weighted by Crippen LogP contribution is -2.40. The molecule has 3 heterocycles. The van der Waals surface area contributed by atoms with Gasteiger partial charge in [-0.15, -0.1) is 0 Å². The summed E-state index contributed by atoms with van der Waals surface area (Å²) in [7, 11) is 0. The zero-order chi connectivity index (χ0) is 26.3. The summed E-state index contributed by atoms with van der Waals surface area (Å²) in [5, 5.41) is 12.2. The number of alkyl halides is 2. The highest BCUT2D eigenvalue weighted by molar-refractivity contribution is 6.09. The van der Waals surface area contributed by atoms with Crippen molar-refractivity contribution in [2.75, 3.05) is 19.8 Å². The maximum Gasteiger partial charge on any atom is 0.263 e. The Bertz CT molecular complexity index is 1340. The molecule has 196 valence electrons. The Hall–Kier alpha value is -3.60. The monoisotopic (exact) mass is 513 g/mol. The molecular formula is C26H29F2N5O4. The fourth-order valence-electron chi connectivity index (χ4n) is 4.92. The summed E-state index contributed by atoms with van der Waals surface area (Å²) >= 11 is 0. The molecule has 1 saturated heterocycles. The van der Waals surface area contributed by atoms with Crippen LogP contribution in [0.15, 0.2) is 24.5 Å². The number of rotatable bonds is 8. The van der Waals surface area contributed by atoms with Crippen LogP contribution in [-0.2, 0) is 4.79 Å². The van der Waals surface area contributed by atoms with E-state index in [9.17, 15) is 23.5 Å². The van der Waals surface area contributed by atoms with Crippen LogP contribution in [0.3, 0.4) is 0 Å². The Kier molecular flexibility index (Phi) is 6.80. The number of nitrogens with zero attached hydrogens (tertiary/aromatic N) is 3. The van der Waals surface area contributed by atoms with Gasteiger partial charge in [0.25, 0.3) is 12.3 Å². The van der Waals surface area contributed by atoms with Crippen molar-refractivity contribution in [1.82, 2.24) is 25.2 Å². The number of benzene rings is 1. The van der Waals surface area contributed by atoms with E-state index in [1.165, 1.54) is 24.5 Å². The van der Waals surface area contributed by atoms with E-state index in [2.05, 4.69) is 20.3 Å².